The summed E-state index contributed by atoms with van der Waals surface area (Å²) >= 11 is 6.04. The van der Waals surface area contributed by atoms with E-state index in [4.69, 9.17) is 11.6 Å². The molecule has 0 aromatic heterocycles. The maximum Gasteiger partial charge on any atom is 0.224 e. The Morgan fingerprint density at radius 3 is 2.70 bits per heavy atom. The Bertz CT molecular complexity index is 628. The van der Waals surface area contributed by atoms with Crippen LogP contribution < -0.4 is 5.32 Å². The molecule has 0 aliphatic carbocycles. The van der Waals surface area contributed by atoms with Gasteiger partial charge in [-0.15, -0.1) is 0 Å². The minimum atomic E-state index is -0.284. The molecule has 0 saturated carbocycles. The molecule has 4 heteroatoms. The number of nitrogens with one attached hydrogen (secondary N) is 1. The Balaban J connectivity index is 1.94. The minimum Gasteiger partial charge on any atom is -0.325 e. The van der Waals surface area contributed by atoms with E-state index in [2.05, 4.69) is 5.32 Å². The zero-order valence-corrected chi connectivity index (χ0v) is 11.9. The molecule has 0 spiro atoms. The topological polar surface area (TPSA) is 29.1 Å². The molecule has 1 amide bonds. The lowest BCUT2D eigenvalue weighted by atomic mass is 10.1. The maximum atomic E-state index is 13.4. The highest BCUT2D eigenvalue weighted by atomic mass is 35.5. The van der Waals surface area contributed by atoms with Crippen molar-refractivity contribution < 1.29 is 9.18 Å². The standard InChI is InChI=1S/C16H15ClFNO/c1-11-6-8-15(13(17)10-11)19-16(20)9-7-12-4-2-3-5-14(12)18/h2-6,8,10H,7,9H2,1H3,(H,19,20). The molecule has 2 nitrogen and oxygen atoms in total. The van der Waals surface area contributed by atoms with Crippen molar-refractivity contribution in [1.29, 1.82) is 0 Å². The van der Waals surface area contributed by atoms with E-state index < -0.39 is 0 Å². The van der Waals surface area contributed by atoms with Crippen LogP contribution in [0.4, 0.5) is 10.1 Å². The van der Waals surface area contributed by atoms with Crippen LogP contribution in [0.3, 0.4) is 0 Å². The highest BCUT2D eigenvalue weighted by molar-refractivity contribution is 6.33. The fraction of sp³-hybridized carbons (Fsp3) is 0.188. The largest absolute Gasteiger partial charge is 0.325 e. The van der Waals surface area contributed by atoms with E-state index in [0.29, 0.717) is 22.7 Å². The quantitative estimate of drug-likeness (QED) is 0.891. The van der Waals surface area contributed by atoms with Crippen molar-refractivity contribution in [2.24, 2.45) is 0 Å². The average Bonchev–Trinajstić information content (AvgIpc) is 2.41. The molecule has 2 aromatic carbocycles. The number of rotatable bonds is 4. The van der Waals surface area contributed by atoms with Gasteiger partial charge in [0.05, 0.1) is 10.7 Å². The van der Waals surface area contributed by atoms with Gasteiger partial charge in [0.15, 0.2) is 0 Å². The minimum absolute atomic E-state index is 0.181. The first kappa shape index (κ1) is 14.5. The number of carbonyl (C=O) groups is 1. The predicted octanol–water partition coefficient (Wildman–Crippen LogP) is 4.36. The van der Waals surface area contributed by atoms with Crippen molar-refractivity contribution in [2.75, 3.05) is 5.32 Å². The van der Waals surface area contributed by atoms with Gasteiger partial charge in [0.2, 0.25) is 5.91 Å². The van der Waals surface area contributed by atoms with Crippen molar-refractivity contribution >= 4 is 23.2 Å². The summed E-state index contributed by atoms with van der Waals surface area (Å²) in [5, 5.41) is 3.24. The van der Waals surface area contributed by atoms with Crippen LogP contribution >= 0.6 is 11.6 Å². The summed E-state index contributed by atoms with van der Waals surface area (Å²) < 4.78 is 13.4. The second-order valence-corrected chi connectivity index (χ2v) is 5.03. The number of amides is 1. The molecule has 0 aliphatic rings. The Morgan fingerprint density at radius 2 is 2.00 bits per heavy atom. The van der Waals surface area contributed by atoms with E-state index in [0.717, 1.165) is 5.56 Å². The summed E-state index contributed by atoms with van der Waals surface area (Å²) in [7, 11) is 0. The lowest BCUT2D eigenvalue weighted by molar-refractivity contribution is -0.116. The molecule has 0 saturated heterocycles. The van der Waals surface area contributed by atoms with E-state index in [1.54, 1.807) is 30.3 Å². The van der Waals surface area contributed by atoms with Gasteiger partial charge in [0.1, 0.15) is 5.82 Å². The number of hydrogen-bond acceptors (Lipinski definition) is 1. The molecule has 0 bridgehead atoms. The van der Waals surface area contributed by atoms with Crippen LogP contribution in [0.2, 0.25) is 5.02 Å². The molecule has 2 rings (SSSR count). The highest BCUT2D eigenvalue weighted by Gasteiger charge is 2.08. The summed E-state index contributed by atoms with van der Waals surface area (Å²) in [6.45, 7) is 1.93. The average molecular weight is 292 g/mol. The highest BCUT2D eigenvalue weighted by Crippen LogP contribution is 2.23. The summed E-state index contributed by atoms with van der Waals surface area (Å²) in [6, 6.07) is 11.9. The summed E-state index contributed by atoms with van der Waals surface area (Å²) in [5.74, 6) is -0.465. The molecular weight excluding hydrogens is 277 g/mol. The summed E-state index contributed by atoms with van der Waals surface area (Å²) in [6.07, 6.45) is 0.577. The Morgan fingerprint density at radius 1 is 1.25 bits per heavy atom. The molecule has 2 aromatic rings. The van der Waals surface area contributed by atoms with Crippen LogP contribution in [-0.2, 0) is 11.2 Å². The van der Waals surface area contributed by atoms with Gasteiger partial charge >= 0.3 is 0 Å². The number of anilines is 1. The molecule has 0 aliphatic heterocycles. The van der Waals surface area contributed by atoms with Gasteiger partial charge in [-0.05, 0) is 42.7 Å². The lowest BCUT2D eigenvalue weighted by Gasteiger charge is -2.08. The number of halogens is 2. The number of aryl methyl sites for hydroxylation is 2. The van der Waals surface area contributed by atoms with Crippen LogP contribution in [0.5, 0.6) is 0 Å². The molecule has 0 atom stereocenters. The van der Waals surface area contributed by atoms with Gasteiger partial charge in [-0.25, -0.2) is 4.39 Å². The predicted molar refractivity (Wildman–Crippen MR) is 79.5 cm³/mol. The van der Waals surface area contributed by atoms with E-state index >= 15 is 0 Å². The van der Waals surface area contributed by atoms with Crippen LogP contribution in [0, 0.1) is 12.7 Å². The molecule has 0 fully saturated rings. The first-order valence-electron chi connectivity index (χ1n) is 6.35. The van der Waals surface area contributed by atoms with E-state index in [1.807, 2.05) is 13.0 Å². The second kappa shape index (κ2) is 6.53. The van der Waals surface area contributed by atoms with E-state index in [1.165, 1.54) is 6.07 Å². The van der Waals surface area contributed by atoms with Crippen LogP contribution in [0.25, 0.3) is 0 Å². The third-order valence-corrected chi connectivity index (χ3v) is 3.29. The van der Waals surface area contributed by atoms with E-state index in [-0.39, 0.29) is 18.1 Å². The fourth-order valence-electron chi connectivity index (χ4n) is 1.88. The first-order chi connectivity index (χ1) is 9.56. The van der Waals surface area contributed by atoms with Crippen LogP contribution in [0.15, 0.2) is 42.5 Å². The maximum absolute atomic E-state index is 13.4. The molecule has 1 N–H and O–H groups in total. The van der Waals surface area contributed by atoms with Crippen LogP contribution in [0.1, 0.15) is 17.5 Å². The third kappa shape index (κ3) is 3.81. The Labute approximate surface area is 122 Å². The SMILES string of the molecule is Cc1ccc(NC(=O)CCc2ccccc2F)c(Cl)c1. The third-order valence-electron chi connectivity index (χ3n) is 2.98. The first-order valence-corrected chi connectivity index (χ1v) is 6.73. The smallest absolute Gasteiger partial charge is 0.224 e. The number of hydrogen-bond donors (Lipinski definition) is 1. The Kier molecular flexibility index (Phi) is 4.74. The number of carbonyl (C=O) groups excluding carboxylic acids is 1. The normalized spacial score (nSPS) is 10.3. The van der Waals surface area contributed by atoms with Gasteiger partial charge in [0.25, 0.3) is 0 Å². The second-order valence-electron chi connectivity index (χ2n) is 4.62. The van der Waals surface area contributed by atoms with Gasteiger partial charge in [0, 0.05) is 6.42 Å². The van der Waals surface area contributed by atoms with Crippen LogP contribution in [-0.4, -0.2) is 5.91 Å². The molecule has 0 radical (unpaired) electrons. The lowest BCUT2D eigenvalue weighted by Crippen LogP contribution is -2.13. The molecular formula is C16H15ClFNO. The fourth-order valence-corrected chi connectivity index (χ4v) is 2.17. The molecule has 0 heterocycles. The van der Waals surface area contributed by atoms with Crippen molar-refractivity contribution in [3.63, 3.8) is 0 Å². The van der Waals surface area contributed by atoms with Gasteiger partial charge < -0.3 is 5.32 Å². The molecule has 104 valence electrons. The number of benzene rings is 2. The van der Waals surface area contributed by atoms with Gasteiger partial charge in [-0.1, -0.05) is 35.9 Å². The monoisotopic (exact) mass is 291 g/mol. The van der Waals surface area contributed by atoms with Gasteiger partial charge in [-0.3, -0.25) is 4.79 Å². The summed E-state index contributed by atoms with van der Waals surface area (Å²) in [5.41, 5.74) is 2.15. The zero-order valence-electron chi connectivity index (χ0n) is 11.1. The molecule has 0 unspecified atom stereocenters. The van der Waals surface area contributed by atoms with Crippen molar-refractivity contribution in [3.05, 3.63) is 64.4 Å². The van der Waals surface area contributed by atoms with Crippen molar-refractivity contribution in [3.8, 4) is 0 Å². The van der Waals surface area contributed by atoms with E-state index in [9.17, 15) is 9.18 Å². The zero-order chi connectivity index (χ0) is 14.5. The summed E-state index contributed by atoms with van der Waals surface area (Å²) in [4.78, 5) is 11.8. The van der Waals surface area contributed by atoms with Gasteiger partial charge in [-0.2, -0.15) is 0 Å². The van der Waals surface area contributed by atoms with Crippen molar-refractivity contribution in [2.45, 2.75) is 19.8 Å². The van der Waals surface area contributed by atoms with Crippen molar-refractivity contribution in [1.82, 2.24) is 0 Å². The molecule has 20 heavy (non-hydrogen) atoms. The Hall–Kier alpha value is -1.87.